The summed E-state index contributed by atoms with van der Waals surface area (Å²) in [7, 11) is 0. The minimum atomic E-state index is 0.0392. The Morgan fingerprint density at radius 3 is 2.22 bits per heavy atom. The van der Waals surface area contributed by atoms with E-state index in [-0.39, 0.29) is 5.78 Å². The number of carbonyl (C=O) groups is 1. The lowest BCUT2D eigenvalue weighted by Crippen LogP contribution is -2.11. The maximum atomic E-state index is 11.5. The summed E-state index contributed by atoms with van der Waals surface area (Å²) in [5.41, 5.74) is 3.48. The molecule has 3 aromatic carbocycles. The number of aromatic nitrogens is 5. The zero-order chi connectivity index (χ0) is 22.1. The molecule has 158 valence electrons. The van der Waals surface area contributed by atoms with Gasteiger partial charge in [0.25, 0.3) is 5.78 Å². The minimum Gasteiger partial charge on any atom is -0.366 e. The average Bonchev–Trinajstić information content (AvgIpc) is 3.35. The van der Waals surface area contributed by atoms with E-state index in [0.29, 0.717) is 22.8 Å². The zero-order valence-corrected chi connectivity index (χ0v) is 18.2. The van der Waals surface area contributed by atoms with Gasteiger partial charge < -0.3 is 5.32 Å². The summed E-state index contributed by atoms with van der Waals surface area (Å²) in [5.74, 6) is 1.44. The number of nitrogens with one attached hydrogen (secondary N) is 1. The highest BCUT2D eigenvalue weighted by Gasteiger charge is 2.18. The molecule has 5 rings (SSSR count). The van der Waals surface area contributed by atoms with Crippen LogP contribution in [0.25, 0.3) is 22.9 Å². The zero-order valence-electron chi connectivity index (χ0n) is 17.3. The molecule has 0 unspecified atom stereocenters. The fourth-order valence-corrected chi connectivity index (χ4v) is 3.76. The van der Waals surface area contributed by atoms with Crippen molar-refractivity contribution in [3.8, 4) is 17.1 Å². The number of carbonyl (C=O) groups excluding carboxylic acids is 1. The third-order valence-electron chi connectivity index (χ3n) is 5.18. The molecular weight excluding hydrogens is 420 g/mol. The van der Waals surface area contributed by atoms with Crippen molar-refractivity contribution >= 4 is 29.5 Å². The number of ketones is 1. The SMILES string of the molecule is CC(=O)c1ccc(NCn2nc3n(-c4ccccc4)c(-c4ccccc4)nn3c2=S)cc1. The van der Waals surface area contributed by atoms with E-state index in [4.69, 9.17) is 22.4 Å². The number of nitrogens with zero attached hydrogens (tertiary/aromatic N) is 5. The highest BCUT2D eigenvalue weighted by molar-refractivity contribution is 7.71. The second-order valence-electron chi connectivity index (χ2n) is 7.32. The van der Waals surface area contributed by atoms with Crippen molar-refractivity contribution in [3.63, 3.8) is 0 Å². The summed E-state index contributed by atoms with van der Waals surface area (Å²) in [4.78, 5) is 11.5. The van der Waals surface area contributed by atoms with Gasteiger partial charge in [-0.05, 0) is 55.5 Å². The van der Waals surface area contributed by atoms with Crippen LogP contribution in [0.3, 0.4) is 0 Å². The summed E-state index contributed by atoms with van der Waals surface area (Å²) >= 11 is 5.67. The van der Waals surface area contributed by atoms with Crippen LogP contribution in [0.2, 0.25) is 0 Å². The first-order valence-electron chi connectivity index (χ1n) is 10.2. The minimum absolute atomic E-state index is 0.0392. The van der Waals surface area contributed by atoms with Gasteiger partial charge in [0.2, 0.25) is 4.77 Å². The van der Waals surface area contributed by atoms with Crippen LogP contribution < -0.4 is 5.32 Å². The van der Waals surface area contributed by atoms with E-state index in [2.05, 4.69) is 5.32 Å². The van der Waals surface area contributed by atoms with E-state index < -0.39 is 0 Å². The molecule has 2 aromatic heterocycles. The normalized spacial score (nSPS) is 11.0. The number of anilines is 1. The van der Waals surface area contributed by atoms with Crippen molar-refractivity contribution in [3.05, 3.63) is 95.3 Å². The lowest BCUT2D eigenvalue weighted by molar-refractivity contribution is 0.101. The van der Waals surface area contributed by atoms with E-state index in [1.54, 1.807) is 28.3 Å². The monoisotopic (exact) mass is 440 g/mol. The first kappa shape index (κ1) is 19.9. The van der Waals surface area contributed by atoms with Gasteiger partial charge in [-0.2, -0.15) is 4.52 Å². The third-order valence-corrected chi connectivity index (χ3v) is 5.56. The summed E-state index contributed by atoms with van der Waals surface area (Å²) in [6.45, 7) is 1.92. The molecule has 0 radical (unpaired) electrons. The number of hydrogen-bond donors (Lipinski definition) is 1. The number of benzene rings is 3. The number of hydrogen-bond acceptors (Lipinski definition) is 5. The first-order chi connectivity index (χ1) is 15.6. The van der Waals surface area contributed by atoms with Gasteiger partial charge >= 0.3 is 0 Å². The molecular formula is C24H20N6OS. The fraction of sp³-hybridized carbons (Fsp3) is 0.0833. The summed E-state index contributed by atoms with van der Waals surface area (Å²) in [6.07, 6.45) is 0. The second-order valence-corrected chi connectivity index (χ2v) is 7.69. The smallest absolute Gasteiger partial charge is 0.257 e. The predicted molar refractivity (Wildman–Crippen MR) is 127 cm³/mol. The molecule has 1 N–H and O–H groups in total. The fourth-order valence-electron chi connectivity index (χ4n) is 3.53. The van der Waals surface area contributed by atoms with Crippen LogP contribution in [0, 0.1) is 4.77 Å². The molecule has 0 aliphatic carbocycles. The molecule has 5 aromatic rings. The second kappa shape index (κ2) is 8.24. The van der Waals surface area contributed by atoms with E-state index in [9.17, 15) is 4.79 Å². The van der Waals surface area contributed by atoms with Gasteiger partial charge in [0.05, 0.1) is 5.69 Å². The van der Waals surface area contributed by atoms with Gasteiger partial charge in [0.15, 0.2) is 11.6 Å². The largest absolute Gasteiger partial charge is 0.366 e. The van der Waals surface area contributed by atoms with E-state index in [1.807, 2.05) is 77.4 Å². The molecule has 0 saturated carbocycles. The summed E-state index contributed by atoms with van der Waals surface area (Å²) < 4.78 is 5.87. The third kappa shape index (κ3) is 3.61. The Labute approximate surface area is 189 Å². The van der Waals surface area contributed by atoms with Crippen LogP contribution >= 0.6 is 12.2 Å². The van der Waals surface area contributed by atoms with Crippen molar-refractivity contribution in [2.45, 2.75) is 13.6 Å². The van der Waals surface area contributed by atoms with Crippen molar-refractivity contribution in [2.24, 2.45) is 0 Å². The van der Waals surface area contributed by atoms with Crippen LogP contribution in [0.5, 0.6) is 0 Å². The van der Waals surface area contributed by atoms with E-state index >= 15 is 0 Å². The summed E-state index contributed by atoms with van der Waals surface area (Å²) in [5, 5.41) is 12.8. The predicted octanol–water partition coefficient (Wildman–Crippen LogP) is 4.99. The average molecular weight is 441 g/mol. The van der Waals surface area contributed by atoms with Gasteiger partial charge in [-0.1, -0.05) is 48.5 Å². The van der Waals surface area contributed by atoms with Crippen molar-refractivity contribution < 1.29 is 4.79 Å². The van der Waals surface area contributed by atoms with Crippen molar-refractivity contribution in [2.75, 3.05) is 5.32 Å². The van der Waals surface area contributed by atoms with E-state index in [0.717, 1.165) is 22.8 Å². The van der Waals surface area contributed by atoms with Crippen LogP contribution in [0.15, 0.2) is 84.9 Å². The van der Waals surface area contributed by atoms with Gasteiger partial charge in [-0.15, -0.1) is 10.2 Å². The lowest BCUT2D eigenvalue weighted by atomic mass is 10.1. The van der Waals surface area contributed by atoms with Gasteiger partial charge in [0, 0.05) is 16.8 Å². The van der Waals surface area contributed by atoms with Gasteiger partial charge in [-0.25, -0.2) is 4.68 Å². The first-order valence-corrected chi connectivity index (χ1v) is 10.6. The standard InChI is InChI=1S/C24H20N6OS/c1-17(31)18-12-14-20(15-13-18)25-16-28-24(32)30-23(27-28)29(21-10-6-3-7-11-21)22(26-30)19-8-4-2-5-9-19/h2-15,25H,16H2,1H3. The quantitative estimate of drug-likeness (QED) is 0.298. The Balaban J connectivity index is 1.54. The molecule has 2 heterocycles. The van der Waals surface area contributed by atoms with Crippen LogP contribution in [0.1, 0.15) is 17.3 Å². The summed E-state index contributed by atoms with van der Waals surface area (Å²) in [6, 6.07) is 27.3. The Kier molecular flexibility index (Phi) is 5.12. The Hall–Kier alpha value is -4.04. The topological polar surface area (TPSA) is 69.2 Å². The molecule has 32 heavy (non-hydrogen) atoms. The number of Topliss-reactive ketones (excluding diaryl/α,β-unsaturated/α-hetero) is 1. The van der Waals surface area contributed by atoms with Crippen LogP contribution in [-0.4, -0.2) is 29.7 Å². The highest BCUT2D eigenvalue weighted by atomic mass is 32.1. The van der Waals surface area contributed by atoms with Crippen LogP contribution in [0.4, 0.5) is 5.69 Å². The number of para-hydroxylation sites is 1. The molecule has 8 heteroatoms. The molecule has 0 spiro atoms. The van der Waals surface area contributed by atoms with E-state index in [1.165, 1.54) is 0 Å². The highest BCUT2D eigenvalue weighted by Crippen LogP contribution is 2.24. The molecule has 0 saturated heterocycles. The molecule has 0 aliphatic rings. The van der Waals surface area contributed by atoms with Crippen LogP contribution in [-0.2, 0) is 6.67 Å². The molecule has 0 amide bonds. The van der Waals surface area contributed by atoms with Crippen molar-refractivity contribution in [1.29, 1.82) is 0 Å². The number of fused-ring (bicyclic) bond motifs is 1. The maximum Gasteiger partial charge on any atom is 0.257 e. The lowest BCUT2D eigenvalue weighted by Gasteiger charge is -2.08. The molecule has 0 aliphatic heterocycles. The van der Waals surface area contributed by atoms with Crippen molar-refractivity contribution in [1.82, 2.24) is 24.0 Å². The molecule has 0 fully saturated rings. The molecule has 0 bridgehead atoms. The van der Waals surface area contributed by atoms with Gasteiger partial charge in [-0.3, -0.25) is 9.36 Å². The number of rotatable bonds is 6. The maximum absolute atomic E-state index is 11.5. The molecule has 7 nitrogen and oxygen atoms in total. The Bertz CT molecular complexity index is 1450. The Morgan fingerprint density at radius 2 is 1.56 bits per heavy atom. The van der Waals surface area contributed by atoms with Gasteiger partial charge in [0.1, 0.15) is 6.67 Å². The molecule has 0 atom stereocenters. The Morgan fingerprint density at radius 1 is 0.906 bits per heavy atom.